The molecule has 50 valence electrons. The van der Waals surface area contributed by atoms with E-state index in [0.29, 0.717) is 0 Å². The van der Waals surface area contributed by atoms with Crippen LogP contribution in [-0.4, -0.2) is 16.2 Å². The predicted molar refractivity (Wildman–Crippen MR) is 38.5 cm³/mol. The Kier molecular flexibility index (Phi) is 1.20. The molecule has 1 aliphatic heterocycles. The molecular weight excluding hydrogens is 126 g/mol. The molecule has 0 unspecified atom stereocenters. The number of fused-ring (bicyclic) bond motifs is 1. The fourth-order valence-electron chi connectivity index (χ4n) is 1.01. The Morgan fingerprint density at radius 3 is 3.30 bits per heavy atom. The van der Waals surface area contributed by atoms with Gasteiger partial charge in [0.05, 0.1) is 11.9 Å². The fraction of sp³-hybridized carbons (Fsp3) is 0.286. The number of rotatable bonds is 0. The monoisotopic (exact) mass is 133 g/mol. The molecule has 0 radical (unpaired) electrons. The Bertz CT molecular complexity index is 267. The van der Waals surface area contributed by atoms with Crippen molar-refractivity contribution in [3.05, 3.63) is 18.2 Å². The third-order valence-electron chi connectivity index (χ3n) is 1.51. The number of aryl methyl sites for hydroxylation is 1. The molecule has 0 N–H and O–H groups in total. The minimum absolute atomic E-state index is 0.925. The molecule has 1 aromatic rings. The van der Waals surface area contributed by atoms with Gasteiger partial charge < -0.3 is 0 Å². The van der Waals surface area contributed by atoms with E-state index in [0.717, 1.165) is 24.2 Å². The van der Waals surface area contributed by atoms with Gasteiger partial charge in [0.25, 0.3) is 0 Å². The molecule has 2 heterocycles. The summed E-state index contributed by atoms with van der Waals surface area (Å²) in [6.07, 6.45) is 7.23. The molecule has 0 bridgehead atoms. The first-order valence-corrected chi connectivity index (χ1v) is 3.28. The third kappa shape index (κ3) is 0.795. The Hall–Kier alpha value is -1.25. The zero-order valence-corrected chi connectivity index (χ0v) is 5.49. The van der Waals surface area contributed by atoms with Crippen LogP contribution in [0.15, 0.2) is 17.5 Å². The molecule has 0 amide bonds. The molecule has 3 nitrogen and oxygen atoms in total. The van der Waals surface area contributed by atoms with Crippen LogP contribution in [0.5, 0.6) is 0 Å². The van der Waals surface area contributed by atoms with E-state index in [4.69, 9.17) is 0 Å². The van der Waals surface area contributed by atoms with Crippen LogP contribution in [0.3, 0.4) is 0 Å². The predicted octanol–water partition coefficient (Wildman–Crippen LogP) is 1.13. The summed E-state index contributed by atoms with van der Waals surface area (Å²) in [6.45, 7) is 0. The van der Waals surface area contributed by atoms with Crippen molar-refractivity contribution in [2.24, 2.45) is 4.99 Å². The molecule has 1 aliphatic rings. The van der Waals surface area contributed by atoms with Gasteiger partial charge in [0, 0.05) is 6.21 Å². The van der Waals surface area contributed by atoms with Crippen LogP contribution in [0.25, 0.3) is 0 Å². The largest absolute Gasteiger partial charge is 0.258 e. The Labute approximate surface area is 58.9 Å². The third-order valence-corrected chi connectivity index (χ3v) is 1.51. The summed E-state index contributed by atoms with van der Waals surface area (Å²) >= 11 is 0. The Balaban J connectivity index is 2.54. The van der Waals surface area contributed by atoms with Gasteiger partial charge in [-0.2, -0.15) is 0 Å². The van der Waals surface area contributed by atoms with E-state index >= 15 is 0 Å². The lowest BCUT2D eigenvalue weighted by atomic mass is 10.2. The number of aromatic nitrogens is 2. The topological polar surface area (TPSA) is 38.1 Å². The fourth-order valence-corrected chi connectivity index (χ4v) is 1.01. The van der Waals surface area contributed by atoms with Gasteiger partial charge in [-0.3, -0.25) is 4.99 Å². The molecular formula is C7H7N3. The van der Waals surface area contributed by atoms with Gasteiger partial charge in [0.1, 0.15) is 12.0 Å². The van der Waals surface area contributed by atoms with Crippen LogP contribution in [0.2, 0.25) is 0 Å². The Morgan fingerprint density at radius 2 is 2.40 bits per heavy atom. The summed E-state index contributed by atoms with van der Waals surface area (Å²) in [5, 5.41) is 0. The second-order valence-corrected chi connectivity index (χ2v) is 2.21. The normalized spacial score (nSPS) is 14.8. The smallest absolute Gasteiger partial charge is 0.115 e. The average Bonchev–Trinajstić information content (AvgIpc) is 2.05. The first kappa shape index (κ1) is 5.53. The molecule has 0 atom stereocenters. The average molecular weight is 133 g/mol. The quantitative estimate of drug-likeness (QED) is 0.532. The lowest BCUT2D eigenvalue weighted by Crippen LogP contribution is -1.96. The molecule has 3 heteroatoms. The molecule has 0 aromatic carbocycles. The van der Waals surface area contributed by atoms with Crippen LogP contribution in [0, 0.1) is 0 Å². The number of hydrogen-bond donors (Lipinski definition) is 0. The maximum Gasteiger partial charge on any atom is 0.115 e. The van der Waals surface area contributed by atoms with Crippen molar-refractivity contribution in [3.8, 4) is 0 Å². The van der Waals surface area contributed by atoms with Crippen molar-refractivity contribution < 1.29 is 0 Å². The van der Waals surface area contributed by atoms with Gasteiger partial charge in [0.2, 0.25) is 0 Å². The van der Waals surface area contributed by atoms with Gasteiger partial charge in [-0.15, -0.1) is 0 Å². The maximum absolute atomic E-state index is 4.14. The van der Waals surface area contributed by atoms with Crippen molar-refractivity contribution in [2.75, 3.05) is 0 Å². The maximum atomic E-state index is 4.14. The lowest BCUT2D eigenvalue weighted by Gasteiger charge is -2.05. The van der Waals surface area contributed by atoms with E-state index in [-0.39, 0.29) is 0 Å². The van der Waals surface area contributed by atoms with Crippen LogP contribution in [-0.2, 0) is 6.42 Å². The van der Waals surface area contributed by atoms with Crippen molar-refractivity contribution in [1.82, 2.24) is 9.97 Å². The standard InChI is InChI=1S/C7H7N3/c1-2-6-7(9-3-1)4-8-5-10-6/h3-5H,1-2H2. The summed E-state index contributed by atoms with van der Waals surface area (Å²) in [7, 11) is 0. The molecule has 0 saturated heterocycles. The lowest BCUT2D eigenvalue weighted by molar-refractivity contribution is 0.936. The minimum atomic E-state index is 0.925. The van der Waals surface area contributed by atoms with E-state index in [1.807, 2.05) is 6.21 Å². The van der Waals surface area contributed by atoms with Crippen LogP contribution in [0.4, 0.5) is 5.69 Å². The van der Waals surface area contributed by atoms with Crippen LogP contribution >= 0.6 is 0 Å². The molecule has 0 aliphatic carbocycles. The van der Waals surface area contributed by atoms with Crippen molar-refractivity contribution in [3.63, 3.8) is 0 Å². The van der Waals surface area contributed by atoms with Crippen molar-refractivity contribution in [2.45, 2.75) is 12.8 Å². The highest BCUT2D eigenvalue weighted by molar-refractivity contribution is 5.67. The summed E-state index contributed by atoms with van der Waals surface area (Å²) in [5.41, 5.74) is 1.99. The summed E-state index contributed by atoms with van der Waals surface area (Å²) in [6, 6.07) is 0. The SMILES string of the molecule is C1=Nc2cncnc2CC1. The van der Waals surface area contributed by atoms with E-state index in [1.54, 1.807) is 12.5 Å². The molecule has 0 saturated carbocycles. The zero-order chi connectivity index (χ0) is 6.81. The second kappa shape index (κ2) is 2.17. The van der Waals surface area contributed by atoms with Gasteiger partial charge in [-0.05, 0) is 12.8 Å². The minimum Gasteiger partial charge on any atom is -0.258 e. The molecule has 2 rings (SSSR count). The van der Waals surface area contributed by atoms with E-state index in [9.17, 15) is 0 Å². The zero-order valence-electron chi connectivity index (χ0n) is 5.49. The van der Waals surface area contributed by atoms with Crippen molar-refractivity contribution >= 4 is 11.9 Å². The summed E-state index contributed by atoms with van der Waals surface area (Å²) in [5.74, 6) is 0. The van der Waals surface area contributed by atoms with Crippen LogP contribution in [0.1, 0.15) is 12.1 Å². The number of aliphatic imine (C=N–C) groups is 1. The van der Waals surface area contributed by atoms with Gasteiger partial charge in [-0.1, -0.05) is 0 Å². The second-order valence-electron chi connectivity index (χ2n) is 2.21. The van der Waals surface area contributed by atoms with Gasteiger partial charge in [-0.25, -0.2) is 9.97 Å². The highest BCUT2D eigenvalue weighted by Gasteiger charge is 2.04. The van der Waals surface area contributed by atoms with Gasteiger partial charge in [0.15, 0.2) is 0 Å². The molecule has 0 spiro atoms. The molecule has 10 heavy (non-hydrogen) atoms. The van der Waals surface area contributed by atoms with E-state index < -0.39 is 0 Å². The van der Waals surface area contributed by atoms with Crippen molar-refractivity contribution in [1.29, 1.82) is 0 Å². The van der Waals surface area contributed by atoms with Crippen LogP contribution < -0.4 is 0 Å². The summed E-state index contributed by atoms with van der Waals surface area (Å²) < 4.78 is 0. The highest BCUT2D eigenvalue weighted by Crippen LogP contribution is 2.18. The van der Waals surface area contributed by atoms with Gasteiger partial charge >= 0.3 is 0 Å². The van der Waals surface area contributed by atoms with E-state index in [1.165, 1.54) is 0 Å². The molecule has 1 aromatic heterocycles. The Morgan fingerprint density at radius 1 is 1.40 bits per heavy atom. The number of nitrogens with zero attached hydrogens (tertiary/aromatic N) is 3. The molecule has 0 fully saturated rings. The summed E-state index contributed by atoms with van der Waals surface area (Å²) in [4.78, 5) is 12.1. The first-order chi connectivity index (χ1) is 4.97. The van der Waals surface area contributed by atoms with E-state index in [2.05, 4.69) is 15.0 Å². The first-order valence-electron chi connectivity index (χ1n) is 3.28. The highest BCUT2D eigenvalue weighted by atomic mass is 14.9. The number of hydrogen-bond acceptors (Lipinski definition) is 3.